The molecule has 2 aliphatic rings. The van der Waals surface area contributed by atoms with E-state index in [4.69, 9.17) is 0 Å². The Hall–Kier alpha value is -0.370. The lowest BCUT2D eigenvalue weighted by Gasteiger charge is -2.44. The highest BCUT2D eigenvalue weighted by atomic mass is 16.1. The Morgan fingerprint density at radius 1 is 1.05 bits per heavy atom. The maximum atomic E-state index is 13.1. The quantitative estimate of drug-likeness (QED) is 0.742. The Morgan fingerprint density at radius 2 is 1.65 bits per heavy atom. The zero-order valence-electron chi connectivity index (χ0n) is 13.8. The predicted octanol–water partition coefficient (Wildman–Crippen LogP) is 4.43. The molecule has 0 radical (unpaired) electrons. The molecule has 0 aromatic heterocycles. The lowest BCUT2D eigenvalue weighted by atomic mass is 9.73. The van der Waals surface area contributed by atoms with E-state index in [0.29, 0.717) is 11.7 Å². The molecule has 1 unspecified atom stereocenters. The van der Waals surface area contributed by atoms with Crippen LogP contribution in [0.25, 0.3) is 0 Å². The zero-order chi connectivity index (χ0) is 14.6. The molecule has 116 valence electrons. The van der Waals surface area contributed by atoms with Gasteiger partial charge in [-0.25, -0.2) is 0 Å². The van der Waals surface area contributed by atoms with Crippen LogP contribution in [-0.4, -0.2) is 29.3 Å². The number of carbonyl (C=O) groups is 1. The highest BCUT2D eigenvalue weighted by molar-refractivity contribution is 5.90. The molecule has 2 heteroatoms. The van der Waals surface area contributed by atoms with Gasteiger partial charge in [0.25, 0.3) is 0 Å². The second-order valence-electron chi connectivity index (χ2n) is 7.17. The van der Waals surface area contributed by atoms with Crippen molar-refractivity contribution in [2.24, 2.45) is 11.8 Å². The summed E-state index contributed by atoms with van der Waals surface area (Å²) >= 11 is 0. The van der Waals surface area contributed by atoms with Crippen LogP contribution in [0.2, 0.25) is 0 Å². The first-order valence-electron chi connectivity index (χ1n) is 8.91. The Labute approximate surface area is 125 Å². The third-order valence-electron chi connectivity index (χ3n) is 6.07. The largest absolute Gasteiger partial charge is 0.297 e. The van der Waals surface area contributed by atoms with Gasteiger partial charge in [-0.3, -0.25) is 9.69 Å². The first-order valence-corrected chi connectivity index (χ1v) is 8.91. The maximum Gasteiger partial charge on any atom is 0.155 e. The fourth-order valence-corrected chi connectivity index (χ4v) is 4.21. The Bertz CT molecular complexity index is 313. The lowest BCUT2D eigenvalue weighted by molar-refractivity contribution is -0.137. The van der Waals surface area contributed by atoms with Gasteiger partial charge in [-0.1, -0.05) is 26.7 Å². The van der Waals surface area contributed by atoms with Crippen LogP contribution >= 0.6 is 0 Å². The van der Waals surface area contributed by atoms with Crippen LogP contribution < -0.4 is 0 Å². The molecule has 0 aromatic carbocycles. The molecule has 1 aliphatic carbocycles. The maximum absolute atomic E-state index is 13.1. The van der Waals surface area contributed by atoms with E-state index in [9.17, 15) is 4.79 Å². The van der Waals surface area contributed by atoms with Crippen LogP contribution in [0.1, 0.15) is 78.6 Å². The van der Waals surface area contributed by atoms with Crippen molar-refractivity contribution in [1.82, 2.24) is 4.90 Å². The first kappa shape index (κ1) is 16.0. The zero-order valence-corrected chi connectivity index (χ0v) is 13.8. The monoisotopic (exact) mass is 279 g/mol. The third kappa shape index (κ3) is 3.27. The normalized spacial score (nSPS) is 31.8. The molecule has 0 bridgehead atoms. The number of rotatable bonds is 5. The molecule has 2 nitrogen and oxygen atoms in total. The summed E-state index contributed by atoms with van der Waals surface area (Å²) in [5.41, 5.74) is -0.190. The van der Waals surface area contributed by atoms with Crippen LogP contribution in [0.4, 0.5) is 0 Å². The molecule has 20 heavy (non-hydrogen) atoms. The molecule has 0 amide bonds. The fourth-order valence-electron chi connectivity index (χ4n) is 4.21. The second-order valence-corrected chi connectivity index (χ2v) is 7.17. The highest BCUT2D eigenvalue weighted by Crippen LogP contribution is 2.36. The standard InChI is InChI=1S/C18H33NO/c1-4-15-9-11-16(12-10-15)17(20)18(3,5-2)19-13-7-6-8-14-19/h15-16H,4-14H2,1-3H3. The van der Waals surface area contributed by atoms with E-state index in [2.05, 4.69) is 25.7 Å². The van der Waals surface area contributed by atoms with Crippen LogP contribution in [0.5, 0.6) is 0 Å². The van der Waals surface area contributed by atoms with Gasteiger partial charge >= 0.3 is 0 Å². The number of piperidine rings is 1. The summed E-state index contributed by atoms with van der Waals surface area (Å²) in [5.74, 6) is 1.77. The van der Waals surface area contributed by atoms with E-state index < -0.39 is 0 Å². The van der Waals surface area contributed by atoms with Crippen molar-refractivity contribution in [2.75, 3.05) is 13.1 Å². The van der Waals surface area contributed by atoms with Crippen LogP contribution in [0.3, 0.4) is 0 Å². The van der Waals surface area contributed by atoms with Gasteiger partial charge in [0.15, 0.2) is 5.78 Å². The van der Waals surface area contributed by atoms with Gasteiger partial charge in [0.1, 0.15) is 0 Å². The van der Waals surface area contributed by atoms with Crippen LogP contribution in [0.15, 0.2) is 0 Å². The van der Waals surface area contributed by atoms with Gasteiger partial charge in [0.2, 0.25) is 0 Å². The summed E-state index contributed by atoms with van der Waals surface area (Å²) in [5, 5.41) is 0. The SMILES string of the molecule is CCC1CCC(C(=O)C(C)(CC)N2CCCCC2)CC1. The van der Waals surface area contributed by atoms with Crippen molar-refractivity contribution in [3.8, 4) is 0 Å². The van der Waals surface area contributed by atoms with Crippen molar-refractivity contribution >= 4 is 5.78 Å². The smallest absolute Gasteiger partial charge is 0.155 e. The average Bonchev–Trinajstić information content (AvgIpc) is 2.54. The molecular formula is C18H33NO. The fraction of sp³-hybridized carbons (Fsp3) is 0.944. The number of Topliss-reactive ketones (excluding diaryl/α,β-unsaturated/α-hetero) is 1. The summed E-state index contributed by atoms with van der Waals surface area (Å²) < 4.78 is 0. The van der Waals surface area contributed by atoms with Gasteiger partial charge in [0, 0.05) is 5.92 Å². The minimum absolute atomic E-state index is 0.190. The molecule has 1 saturated heterocycles. The summed E-state index contributed by atoms with van der Waals surface area (Å²) in [7, 11) is 0. The number of carbonyl (C=O) groups excluding carboxylic acids is 1. The predicted molar refractivity (Wildman–Crippen MR) is 84.9 cm³/mol. The Balaban J connectivity index is 2.00. The number of hydrogen-bond donors (Lipinski definition) is 0. The molecule has 2 fully saturated rings. The minimum atomic E-state index is -0.190. The first-order chi connectivity index (χ1) is 9.61. The molecular weight excluding hydrogens is 246 g/mol. The van der Waals surface area contributed by atoms with Crippen molar-refractivity contribution < 1.29 is 4.79 Å². The average molecular weight is 279 g/mol. The van der Waals surface area contributed by atoms with Crippen LogP contribution in [-0.2, 0) is 4.79 Å². The van der Waals surface area contributed by atoms with Gasteiger partial charge in [-0.2, -0.15) is 0 Å². The van der Waals surface area contributed by atoms with Crippen molar-refractivity contribution in [1.29, 1.82) is 0 Å². The highest BCUT2D eigenvalue weighted by Gasteiger charge is 2.42. The molecule has 1 heterocycles. The van der Waals surface area contributed by atoms with Gasteiger partial charge in [-0.05, 0) is 70.9 Å². The van der Waals surface area contributed by atoms with Crippen LogP contribution in [0, 0.1) is 11.8 Å². The lowest BCUT2D eigenvalue weighted by Crippen LogP contribution is -2.56. The molecule has 1 atom stereocenters. The Kier molecular flexibility index (Phi) is 5.65. The number of ketones is 1. The topological polar surface area (TPSA) is 20.3 Å². The van der Waals surface area contributed by atoms with E-state index in [1.165, 1.54) is 38.5 Å². The van der Waals surface area contributed by atoms with Crippen molar-refractivity contribution in [2.45, 2.75) is 84.1 Å². The second kappa shape index (κ2) is 7.06. The molecule has 0 N–H and O–H groups in total. The van der Waals surface area contributed by atoms with Gasteiger partial charge in [-0.15, -0.1) is 0 Å². The molecule has 0 spiro atoms. The number of likely N-dealkylation sites (tertiary alicyclic amines) is 1. The van der Waals surface area contributed by atoms with E-state index >= 15 is 0 Å². The third-order valence-corrected chi connectivity index (χ3v) is 6.07. The summed E-state index contributed by atoms with van der Waals surface area (Å²) in [6, 6.07) is 0. The summed E-state index contributed by atoms with van der Waals surface area (Å²) in [4.78, 5) is 15.6. The summed E-state index contributed by atoms with van der Waals surface area (Å²) in [6.45, 7) is 8.95. The summed E-state index contributed by atoms with van der Waals surface area (Å²) in [6.07, 6.45) is 11.0. The van der Waals surface area contributed by atoms with Gasteiger partial charge < -0.3 is 0 Å². The van der Waals surface area contributed by atoms with E-state index in [1.807, 2.05) is 0 Å². The number of nitrogens with zero attached hydrogens (tertiary/aromatic N) is 1. The Morgan fingerprint density at radius 3 is 2.15 bits per heavy atom. The molecule has 1 saturated carbocycles. The number of hydrogen-bond acceptors (Lipinski definition) is 2. The van der Waals surface area contributed by atoms with E-state index in [1.54, 1.807) is 0 Å². The molecule has 2 rings (SSSR count). The minimum Gasteiger partial charge on any atom is -0.297 e. The molecule has 1 aliphatic heterocycles. The van der Waals surface area contributed by atoms with Crippen molar-refractivity contribution in [3.63, 3.8) is 0 Å². The van der Waals surface area contributed by atoms with Gasteiger partial charge in [0.05, 0.1) is 5.54 Å². The van der Waals surface area contributed by atoms with E-state index in [-0.39, 0.29) is 5.54 Å². The van der Waals surface area contributed by atoms with E-state index in [0.717, 1.165) is 38.3 Å². The van der Waals surface area contributed by atoms with Crippen molar-refractivity contribution in [3.05, 3.63) is 0 Å². The molecule has 0 aromatic rings.